The highest BCUT2D eigenvalue weighted by Crippen LogP contribution is 2.19. The van der Waals surface area contributed by atoms with Crippen LogP contribution >= 0.6 is 0 Å². The lowest BCUT2D eigenvalue weighted by Crippen LogP contribution is -2.47. The Bertz CT molecular complexity index is 224. The summed E-state index contributed by atoms with van der Waals surface area (Å²) in [5, 5.41) is 3.30. The molecule has 0 aromatic rings. The predicted molar refractivity (Wildman–Crippen MR) is 60.7 cm³/mol. The van der Waals surface area contributed by atoms with E-state index in [9.17, 15) is 4.79 Å². The van der Waals surface area contributed by atoms with Crippen LogP contribution in [-0.2, 0) is 4.79 Å². The molecule has 0 spiro atoms. The fraction of sp³-hybridized carbons (Fsp3) is 0.917. The molecule has 0 aliphatic carbocycles. The molecule has 15 heavy (non-hydrogen) atoms. The van der Waals surface area contributed by atoms with Crippen LogP contribution in [0.5, 0.6) is 0 Å². The van der Waals surface area contributed by atoms with E-state index in [1.165, 1.54) is 25.7 Å². The molecule has 0 aromatic heterocycles. The topological polar surface area (TPSA) is 32.3 Å². The van der Waals surface area contributed by atoms with Crippen LogP contribution in [0.25, 0.3) is 0 Å². The molecule has 2 saturated heterocycles. The zero-order valence-electron chi connectivity index (χ0n) is 9.67. The van der Waals surface area contributed by atoms with Crippen LogP contribution in [0.3, 0.4) is 0 Å². The van der Waals surface area contributed by atoms with Crippen molar-refractivity contribution in [2.75, 3.05) is 13.1 Å². The van der Waals surface area contributed by atoms with E-state index in [4.69, 9.17) is 0 Å². The summed E-state index contributed by atoms with van der Waals surface area (Å²) < 4.78 is 0. The smallest absolute Gasteiger partial charge is 0.239 e. The number of hydrogen-bond donors (Lipinski definition) is 1. The van der Waals surface area contributed by atoms with Crippen molar-refractivity contribution in [3.63, 3.8) is 0 Å². The Morgan fingerprint density at radius 2 is 2.07 bits per heavy atom. The highest BCUT2D eigenvalue weighted by molar-refractivity contribution is 5.82. The van der Waals surface area contributed by atoms with Crippen LogP contribution < -0.4 is 5.32 Å². The van der Waals surface area contributed by atoms with Gasteiger partial charge < -0.3 is 10.2 Å². The molecule has 2 unspecified atom stereocenters. The number of nitrogens with one attached hydrogen (secondary N) is 1. The van der Waals surface area contributed by atoms with E-state index in [0.717, 1.165) is 25.9 Å². The molecule has 3 heteroatoms. The van der Waals surface area contributed by atoms with Crippen molar-refractivity contribution in [3.05, 3.63) is 0 Å². The molecule has 2 atom stereocenters. The minimum Gasteiger partial charge on any atom is -0.339 e. The molecule has 2 fully saturated rings. The Morgan fingerprint density at radius 1 is 1.20 bits per heavy atom. The summed E-state index contributed by atoms with van der Waals surface area (Å²) in [4.78, 5) is 14.3. The van der Waals surface area contributed by atoms with E-state index >= 15 is 0 Å². The second-order valence-electron chi connectivity index (χ2n) is 4.88. The van der Waals surface area contributed by atoms with Gasteiger partial charge in [-0.05, 0) is 39.2 Å². The number of amides is 1. The Morgan fingerprint density at radius 3 is 2.80 bits per heavy atom. The van der Waals surface area contributed by atoms with Gasteiger partial charge in [0.15, 0.2) is 0 Å². The predicted octanol–water partition coefficient (Wildman–Crippen LogP) is 1.53. The fourth-order valence-electron chi connectivity index (χ4n) is 2.70. The summed E-state index contributed by atoms with van der Waals surface area (Å²) in [6.45, 7) is 4.18. The molecule has 0 radical (unpaired) electrons. The number of carbonyl (C=O) groups excluding carboxylic acids is 1. The summed E-state index contributed by atoms with van der Waals surface area (Å²) in [6, 6.07) is 0.563. The van der Waals surface area contributed by atoms with Gasteiger partial charge >= 0.3 is 0 Å². The van der Waals surface area contributed by atoms with E-state index < -0.39 is 0 Å². The molecule has 0 bridgehead atoms. The van der Waals surface area contributed by atoms with Crippen molar-refractivity contribution in [2.45, 2.75) is 57.5 Å². The minimum absolute atomic E-state index is 0.116. The lowest BCUT2D eigenvalue weighted by molar-refractivity contribution is -0.135. The van der Waals surface area contributed by atoms with Crippen LogP contribution in [-0.4, -0.2) is 36.0 Å². The van der Waals surface area contributed by atoms with Crippen molar-refractivity contribution < 1.29 is 4.79 Å². The maximum Gasteiger partial charge on any atom is 0.239 e. The Hall–Kier alpha value is -0.570. The molecule has 0 aromatic carbocycles. The molecule has 1 amide bonds. The number of carbonyl (C=O) groups is 1. The summed E-state index contributed by atoms with van der Waals surface area (Å²) in [5.74, 6) is 0.349. The average Bonchev–Trinajstić information content (AvgIpc) is 2.68. The number of hydrogen-bond acceptors (Lipinski definition) is 2. The molecule has 86 valence electrons. The first-order chi connectivity index (χ1) is 7.29. The lowest BCUT2D eigenvalue weighted by Gasteiger charge is -2.29. The highest BCUT2D eigenvalue weighted by atomic mass is 16.2. The third-order valence-electron chi connectivity index (χ3n) is 3.69. The van der Waals surface area contributed by atoms with Gasteiger partial charge in [-0.1, -0.05) is 12.8 Å². The molecule has 2 heterocycles. The first-order valence-electron chi connectivity index (χ1n) is 6.33. The van der Waals surface area contributed by atoms with Crippen LogP contribution in [0.2, 0.25) is 0 Å². The average molecular weight is 210 g/mol. The van der Waals surface area contributed by atoms with E-state index in [1.807, 2.05) is 0 Å². The molecular weight excluding hydrogens is 188 g/mol. The van der Waals surface area contributed by atoms with Gasteiger partial charge in [-0.3, -0.25) is 4.79 Å². The van der Waals surface area contributed by atoms with Gasteiger partial charge in [0.05, 0.1) is 6.04 Å². The Labute approximate surface area is 92.2 Å². The van der Waals surface area contributed by atoms with E-state index in [0.29, 0.717) is 11.9 Å². The van der Waals surface area contributed by atoms with E-state index in [-0.39, 0.29) is 6.04 Å². The second kappa shape index (κ2) is 4.97. The van der Waals surface area contributed by atoms with Crippen molar-refractivity contribution in [3.8, 4) is 0 Å². The zero-order valence-corrected chi connectivity index (χ0v) is 9.67. The Balaban J connectivity index is 1.96. The summed E-state index contributed by atoms with van der Waals surface area (Å²) in [6.07, 6.45) is 7.11. The number of likely N-dealkylation sites (tertiary alicyclic amines) is 1. The minimum atomic E-state index is 0.116. The lowest BCUT2D eigenvalue weighted by atomic mass is 10.1. The fourth-order valence-corrected chi connectivity index (χ4v) is 2.70. The monoisotopic (exact) mass is 210 g/mol. The highest BCUT2D eigenvalue weighted by Gasteiger charge is 2.29. The number of rotatable bonds is 1. The normalized spacial score (nSPS) is 32.7. The summed E-state index contributed by atoms with van der Waals surface area (Å²) >= 11 is 0. The van der Waals surface area contributed by atoms with Gasteiger partial charge in [0.1, 0.15) is 0 Å². The zero-order chi connectivity index (χ0) is 10.7. The number of nitrogens with zero attached hydrogens (tertiary/aromatic N) is 1. The third kappa shape index (κ3) is 2.51. The standard InChI is InChI=1S/C12H22N2O/c1-10-6-3-2-4-9-14(10)12(15)11-7-5-8-13-11/h10-11,13H,2-9H2,1H3. The molecule has 2 aliphatic rings. The van der Waals surface area contributed by atoms with Gasteiger partial charge in [-0.2, -0.15) is 0 Å². The first-order valence-corrected chi connectivity index (χ1v) is 6.33. The Kier molecular flexibility index (Phi) is 3.62. The van der Waals surface area contributed by atoms with Gasteiger partial charge in [-0.25, -0.2) is 0 Å². The van der Waals surface area contributed by atoms with Crippen molar-refractivity contribution in [1.29, 1.82) is 0 Å². The quantitative estimate of drug-likeness (QED) is 0.712. The van der Waals surface area contributed by atoms with Crippen LogP contribution in [0.15, 0.2) is 0 Å². The maximum atomic E-state index is 12.2. The molecule has 0 saturated carbocycles. The molecule has 2 rings (SSSR count). The molecular formula is C12H22N2O. The van der Waals surface area contributed by atoms with Crippen LogP contribution in [0, 0.1) is 0 Å². The van der Waals surface area contributed by atoms with Crippen molar-refractivity contribution in [1.82, 2.24) is 10.2 Å². The SMILES string of the molecule is CC1CCCCCN1C(=O)C1CCCN1. The molecule has 1 N–H and O–H groups in total. The van der Waals surface area contributed by atoms with E-state index in [1.54, 1.807) is 0 Å². The van der Waals surface area contributed by atoms with E-state index in [2.05, 4.69) is 17.1 Å². The third-order valence-corrected chi connectivity index (χ3v) is 3.69. The van der Waals surface area contributed by atoms with Gasteiger partial charge in [0.25, 0.3) is 0 Å². The first kappa shape index (κ1) is 10.9. The second-order valence-corrected chi connectivity index (χ2v) is 4.88. The van der Waals surface area contributed by atoms with Gasteiger partial charge in [0, 0.05) is 12.6 Å². The van der Waals surface area contributed by atoms with Crippen LogP contribution in [0.4, 0.5) is 0 Å². The van der Waals surface area contributed by atoms with Crippen molar-refractivity contribution in [2.24, 2.45) is 0 Å². The van der Waals surface area contributed by atoms with Crippen LogP contribution in [0.1, 0.15) is 45.4 Å². The summed E-state index contributed by atoms with van der Waals surface area (Å²) in [7, 11) is 0. The molecule has 2 aliphatic heterocycles. The molecule has 3 nitrogen and oxygen atoms in total. The largest absolute Gasteiger partial charge is 0.339 e. The summed E-state index contributed by atoms with van der Waals surface area (Å²) in [5.41, 5.74) is 0. The van der Waals surface area contributed by atoms with Crippen molar-refractivity contribution >= 4 is 5.91 Å². The van der Waals surface area contributed by atoms with Gasteiger partial charge in [-0.15, -0.1) is 0 Å². The van der Waals surface area contributed by atoms with Gasteiger partial charge in [0.2, 0.25) is 5.91 Å². The maximum absolute atomic E-state index is 12.2.